The quantitative estimate of drug-likeness (QED) is 0.662. The van der Waals surface area contributed by atoms with Crippen LogP contribution in [0.1, 0.15) is 36.8 Å². The minimum atomic E-state index is 0.631. The molecule has 0 spiro atoms. The molecule has 2 rings (SSSR count). The van der Waals surface area contributed by atoms with E-state index in [-0.39, 0.29) is 0 Å². The lowest BCUT2D eigenvalue weighted by molar-refractivity contribution is 0.676. The summed E-state index contributed by atoms with van der Waals surface area (Å²) in [6.45, 7) is 2.26. The van der Waals surface area contributed by atoms with Gasteiger partial charge in [-0.25, -0.2) is 0 Å². The summed E-state index contributed by atoms with van der Waals surface area (Å²) in [4.78, 5) is 0. The van der Waals surface area contributed by atoms with Gasteiger partial charge in [-0.15, -0.1) is 0 Å². The summed E-state index contributed by atoms with van der Waals surface area (Å²) in [7, 11) is 0. The first kappa shape index (κ1) is 12.6. The van der Waals surface area contributed by atoms with Crippen LogP contribution in [0.3, 0.4) is 0 Å². The zero-order chi connectivity index (χ0) is 12.6. The topological polar surface area (TPSA) is 0 Å². The maximum absolute atomic E-state index is 2.29. The van der Waals surface area contributed by atoms with E-state index in [0.29, 0.717) is 5.92 Å². The Morgan fingerprint density at radius 2 is 1.50 bits per heavy atom. The van der Waals surface area contributed by atoms with Crippen LogP contribution in [0.15, 0.2) is 66.7 Å². The zero-order valence-electron chi connectivity index (χ0n) is 10.9. The molecular formula is C18H20. The van der Waals surface area contributed by atoms with Crippen molar-refractivity contribution >= 4 is 6.08 Å². The molecule has 0 saturated carbocycles. The Bertz CT molecular complexity index is 468. The Labute approximate surface area is 110 Å². The van der Waals surface area contributed by atoms with Crippen molar-refractivity contribution in [2.45, 2.75) is 25.7 Å². The molecule has 0 aliphatic carbocycles. The van der Waals surface area contributed by atoms with Gasteiger partial charge in [-0.3, -0.25) is 0 Å². The maximum Gasteiger partial charge on any atom is -0.0130 e. The van der Waals surface area contributed by atoms with Crippen LogP contribution in [-0.4, -0.2) is 0 Å². The van der Waals surface area contributed by atoms with Crippen LogP contribution in [-0.2, 0) is 0 Å². The van der Waals surface area contributed by atoms with Crippen molar-refractivity contribution in [2.24, 2.45) is 0 Å². The van der Waals surface area contributed by atoms with E-state index >= 15 is 0 Å². The lowest BCUT2D eigenvalue weighted by Crippen LogP contribution is -1.94. The lowest BCUT2D eigenvalue weighted by atomic mass is 9.93. The smallest absolute Gasteiger partial charge is 0.0130 e. The molecule has 0 saturated heterocycles. The van der Waals surface area contributed by atoms with Crippen molar-refractivity contribution in [3.8, 4) is 0 Å². The molecule has 0 heteroatoms. The number of benzene rings is 2. The van der Waals surface area contributed by atoms with Gasteiger partial charge in [-0.2, -0.15) is 0 Å². The largest absolute Gasteiger partial charge is 0.0833 e. The van der Waals surface area contributed by atoms with Gasteiger partial charge in [0.25, 0.3) is 0 Å². The van der Waals surface area contributed by atoms with Gasteiger partial charge in [-0.05, 0) is 29.9 Å². The highest BCUT2D eigenvalue weighted by Crippen LogP contribution is 2.23. The third-order valence-corrected chi connectivity index (χ3v) is 3.29. The molecular weight excluding hydrogens is 216 g/mol. The molecule has 0 nitrogen and oxygen atoms in total. The number of rotatable bonds is 5. The van der Waals surface area contributed by atoms with Gasteiger partial charge >= 0.3 is 0 Å². The molecule has 0 bridgehead atoms. The second-order valence-electron chi connectivity index (χ2n) is 4.56. The minimum absolute atomic E-state index is 0.631. The van der Waals surface area contributed by atoms with Crippen LogP contribution in [0.2, 0.25) is 0 Å². The van der Waals surface area contributed by atoms with Crippen molar-refractivity contribution in [2.75, 3.05) is 0 Å². The predicted octanol–water partition coefficient (Wildman–Crippen LogP) is 5.28. The van der Waals surface area contributed by atoms with E-state index in [4.69, 9.17) is 0 Å². The normalized spacial score (nSPS) is 12.7. The molecule has 2 aromatic rings. The monoisotopic (exact) mass is 236 g/mol. The molecule has 2 aromatic carbocycles. The average molecular weight is 236 g/mol. The van der Waals surface area contributed by atoms with Gasteiger partial charge in [0.1, 0.15) is 0 Å². The molecule has 0 aliphatic rings. The highest BCUT2D eigenvalue weighted by Gasteiger charge is 2.05. The van der Waals surface area contributed by atoms with Crippen molar-refractivity contribution in [3.05, 3.63) is 77.9 Å². The van der Waals surface area contributed by atoms with Crippen LogP contribution in [0.4, 0.5) is 0 Å². The molecule has 0 amide bonds. The Morgan fingerprint density at radius 3 is 2.11 bits per heavy atom. The van der Waals surface area contributed by atoms with Gasteiger partial charge in [0, 0.05) is 0 Å². The molecule has 1 unspecified atom stereocenters. The van der Waals surface area contributed by atoms with Crippen molar-refractivity contribution in [1.82, 2.24) is 0 Å². The standard InChI is InChI=1S/C18H20/c1-2-17(18-13-7-4-8-14-18)15-9-12-16-10-5-3-6-11-16/h3-14,17H,2,15H2,1H3. The third kappa shape index (κ3) is 3.59. The summed E-state index contributed by atoms with van der Waals surface area (Å²) in [5.41, 5.74) is 2.72. The van der Waals surface area contributed by atoms with Gasteiger partial charge < -0.3 is 0 Å². The van der Waals surface area contributed by atoms with Gasteiger partial charge in [0.05, 0.1) is 0 Å². The minimum Gasteiger partial charge on any atom is -0.0833 e. The third-order valence-electron chi connectivity index (χ3n) is 3.29. The summed E-state index contributed by atoms with van der Waals surface area (Å²) in [5.74, 6) is 0.631. The average Bonchev–Trinajstić information content (AvgIpc) is 2.46. The van der Waals surface area contributed by atoms with E-state index in [1.165, 1.54) is 17.5 Å². The Morgan fingerprint density at radius 1 is 0.889 bits per heavy atom. The highest BCUT2D eigenvalue weighted by atomic mass is 14.1. The summed E-state index contributed by atoms with van der Waals surface area (Å²) >= 11 is 0. The lowest BCUT2D eigenvalue weighted by Gasteiger charge is -2.12. The zero-order valence-corrected chi connectivity index (χ0v) is 10.9. The number of hydrogen-bond acceptors (Lipinski definition) is 0. The molecule has 92 valence electrons. The van der Waals surface area contributed by atoms with Crippen LogP contribution in [0, 0.1) is 0 Å². The van der Waals surface area contributed by atoms with Crippen LogP contribution >= 0.6 is 0 Å². The molecule has 0 aromatic heterocycles. The molecule has 0 radical (unpaired) electrons. The van der Waals surface area contributed by atoms with E-state index in [9.17, 15) is 0 Å². The summed E-state index contributed by atoms with van der Waals surface area (Å²) in [6, 6.07) is 21.3. The second kappa shape index (κ2) is 6.80. The van der Waals surface area contributed by atoms with Crippen LogP contribution in [0.5, 0.6) is 0 Å². The predicted molar refractivity (Wildman–Crippen MR) is 79.6 cm³/mol. The fraction of sp³-hybridized carbons (Fsp3) is 0.222. The summed E-state index contributed by atoms with van der Waals surface area (Å²) in [5, 5.41) is 0. The Hall–Kier alpha value is -1.82. The fourth-order valence-electron chi connectivity index (χ4n) is 2.20. The second-order valence-corrected chi connectivity index (χ2v) is 4.56. The van der Waals surface area contributed by atoms with Crippen LogP contribution in [0.25, 0.3) is 6.08 Å². The van der Waals surface area contributed by atoms with Crippen molar-refractivity contribution in [3.63, 3.8) is 0 Å². The molecule has 1 atom stereocenters. The van der Waals surface area contributed by atoms with E-state index in [0.717, 1.165) is 6.42 Å². The molecule has 0 N–H and O–H groups in total. The first-order valence-electron chi connectivity index (χ1n) is 6.66. The van der Waals surface area contributed by atoms with Gasteiger partial charge in [0.15, 0.2) is 0 Å². The maximum atomic E-state index is 2.29. The van der Waals surface area contributed by atoms with E-state index in [1.807, 2.05) is 0 Å². The van der Waals surface area contributed by atoms with E-state index < -0.39 is 0 Å². The molecule has 18 heavy (non-hydrogen) atoms. The van der Waals surface area contributed by atoms with Crippen molar-refractivity contribution in [1.29, 1.82) is 0 Å². The van der Waals surface area contributed by atoms with Crippen LogP contribution < -0.4 is 0 Å². The van der Waals surface area contributed by atoms with Gasteiger partial charge in [0.2, 0.25) is 0 Å². The fourth-order valence-corrected chi connectivity index (χ4v) is 2.20. The summed E-state index contributed by atoms with van der Waals surface area (Å²) < 4.78 is 0. The Kier molecular flexibility index (Phi) is 4.78. The number of hydrogen-bond donors (Lipinski definition) is 0. The molecule has 0 aliphatic heterocycles. The molecule has 0 fully saturated rings. The number of allylic oxidation sites excluding steroid dienone is 1. The van der Waals surface area contributed by atoms with Crippen molar-refractivity contribution < 1.29 is 0 Å². The summed E-state index contributed by atoms with van der Waals surface area (Å²) in [6.07, 6.45) is 6.79. The highest BCUT2D eigenvalue weighted by molar-refractivity contribution is 5.48. The first-order valence-corrected chi connectivity index (χ1v) is 6.66. The van der Waals surface area contributed by atoms with E-state index in [2.05, 4.69) is 79.7 Å². The Balaban J connectivity index is 1.98. The van der Waals surface area contributed by atoms with Gasteiger partial charge in [-0.1, -0.05) is 79.7 Å². The van der Waals surface area contributed by atoms with E-state index in [1.54, 1.807) is 0 Å². The first-order chi connectivity index (χ1) is 8.90. The SMILES string of the molecule is CCC(CC=Cc1ccccc1)c1ccccc1. The molecule has 0 heterocycles.